The Morgan fingerprint density at radius 2 is 1.88 bits per heavy atom. The molecule has 0 aromatic heterocycles. The Hall–Kier alpha value is -2.17. The maximum atomic E-state index is 13.4. The molecule has 5 nitrogen and oxygen atoms in total. The molecule has 1 aromatic rings. The zero-order valence-electron chi connectivity index (χ0n) is 15.7. The van der Waals surface area contributed by atoms with Crippen LogP contribution in [0, 0.1) is 27.7 Å². The average Bonchev–Trinajstić information content (AvgIpc) is 2.77. The lowest BCUT2D eigenvalue weighted by atomic mass is 9.74. The summed E-state index contributed by atoms with van der Waals surface area (Å²) in [5.74, 6) is -0.922. The molecule has 1 saturated heterocycles. The monoisotopic (exact) mass is 342 g/mol. The summed E-state index contributed by atoms with van der Waals surface area (Å²) in [6, 6.07) is 2.07. The van der Waals surface area contributed by atoms with E-state index in [-0.39, 0.29) is 11.7 Å². The van der Waals surface area contributed by atoms with Gasteiger partial charge in [-0.2, -0.15) is 0 Å². The van der Waals surface area contributed by atoms with E-state index in [1.54, 1.807) is 0 Å². The molecule has 1 heterocycles. The topological polar surface area (TPSA) is 67.8 Å². The van der Waals surface area contributed by atoms with E-state index in [4.69, 9.17) is 4.84 Å². The minimum Gasteiger partial charge on any atom is -0.399 e. The van der Waals surface area contributed by atoms with Crippen LogP contribution < -0.4 is 5.32 Å². The third kappa shape index (κ3) is 2.75. The maximum Gasteiger partial charge on any atom is 0.235 e. The number of ketones is 1. The highest BCUT2D eigenvalue weighted by atomic mass is 16.6. The fraction of sp³-hybridized carbons (Fsp3) is 0.550. The number of benzene rings is 1. The van der Waals surface area contributed by atoms with E-state index in [1.165, 1.54) is 12.7 Å². The number of rotatable bonds is 2. The second kappa shape index (κ2) is 6.28. The number of hydrogen-bond donors (Lipinski definition) is 1. The Morgan fingerprint density at radius 3 is 2.56 bits per heavy atom. The number of carbonyl (C=O) groups is 2. The van der Waals surface area contributed by atoms with Gasteiger partial charge >= 0.3 is 0 Å². The third-order valence-electron chi connectivity index (χ3n) is 5.86. The Balaban J connectivity index is 2.04. The van der Waals surface area contributed by atoms with E-state index < -0.39 is 11.5 Å². The molecule has 2 atom stereocenters. The summed E-state index contributed by atoms with van der Waals surface area (Å²) in [6.45, 7) is 8.10. The smallest absolute Gasteiger partial charge is 0.235 e. The van der Waals surface area contributed by atoms with Crippen LogP contribution in [-0.4, -0.2) is 30.1 Å². The number of oxime groups is 1. The van der Waals surface area contributed by atoms with E-state index in [0.29, 0.717) is 12.8 Å². The lowest BCUT2D eigenvalue weighted by Crippen LogP contribution is -2.50. The Labute approximate surface area is 148 Å². The molecule has 1 saturated carbocycles. The SMILES string of the molecule is CO/N=C1\CCCC2(C1)NC(=O)C(c1c(C)cc(C)c(C)c1C)C2=O. The number of carbonyl (C=O) groups excluding carboxylic acids is 2. The second-order valence-electron chi connectivity index (χ2n) is 7.41. The Kier molecular flexibility index (Phi) is 4.43. The van der Waals surface area contributed by atoms with Gasteiger partial charge < -0.3 is 10.2 Å². The molecule has 25 heavy (non-hydrogen) atoms. The Bertz CT molecular complexity index is 782. The standard InChI is InChI=1S/C20H26N2O3/c1-11-9-12(2)16(14(4)13(11)3)17-18(23)20(21-19(17)24)8-6-7-15(10-20)22-25-5/h9,17H,6-8,10H2,1-5H3,(H,21,24)/b22-15+. The normalized spacial score (nSPS) is 27.9. The molecule has 2 fully saturated rings. The fourth-order valence-electron chi connectivity index (χ4n) is 4.42. The van der Waals surface area contributed by atoms with Gasteiger partial charge in [-0.1, -0.05) is 11.2 Å². The van der Waals surface area contributed by atoms with Gasteiger partial charge in [0.15, 0.2) is 5.78 Å². The zero-order valence-corrected chi connectivity index (χ0v) is 15.7. The highest BCUT2D eigenvalue weighted by Gasteiger charge is 2.54. The molecule has 2 unspecified atom stereocenters. The highest BCUT2D eigenvalue weighted by molar-refractivity contribution is 6.19. The first-order chi connectivity index (χ1) is 11.8. The van der Waals surface area contributed by atoms with Crippen molar-refractivity contribution in [3.63, 3.8) is 0 Å². The molecule has 0 bridgehead atoms. The van der Waals surface area contributed by atoms with Crippen LogP contribution in [0.25, 0.3) is 0 Å². The van der Waals surface area contributed by atoms with E-state index in [1.807, 2.05) is 20.8 Å². The van der Waals surface area contributed by atoms with Gasteiger partial charge in [-0.25, -0.2) is 0 Å². The number of nitrogens with zero attached hydrogens (tertiary/aromatic N) is 1. The summed E-state index contributed by atoms with van der Waals surface area (Å²) < 4.78 is 0. The van der Waals surface area contributed by atoms with E-state index in [2.05, 4.69) is 23.5 Å². The molecule has 1 spiro atoms. The summed E-state index contributed by atoms with van der Waals surface area (Å²) >= 11 is 0. The number of hydrogen-bond acceptors (Lipinski definition) is 4. The fourth-order valence-corrected chi connectivity index (χ4v) is 4.42. The molecule has 5 heteroatoms. The number of aryl methyl sites for hydroxylation is 2. The van der Waals surface area contributed by atoms with Gasteiger partial charge in [-0.15, -0.1) is 0 Å². The van der Waals surface area contributed by atoms with Crippen LogP contribution in [0.3, 0.4) is 0 Å². The molecule has 0 radical (unpaired) electrons. The number of nitrogens with one attached hydrogen (secondary N) is 1. The lowest BCUT2D eigenvalue weighted by molar-refractivity contribution is -0.125. The number of Topliss-reactive ketones (excluding diaryl/α,β-unsaturated/α-hetero) is 1. The summed E-state index contributed by atoms with van der Waals surface area (Å²) in [7, 11) is 1.51. The number of amides is 1. The molecule has 1 aromatic carbocycles. The van der Waals surface area contributed by atoms with Crippen LogP contribution in [0.5, 0.6) is 0 Å². The molecule has 1 aliphatic heterocycles. The van der Waals surface area contributed by atoms with Gasteiger partial charge in [0.2, 0.25) is 5.91 Å². The van der Waals surface area contributed by atoms with Crippen molar-refractivity contribution in [1.82, 2.24) is 5.32 Å². The first-order valence-corrected chi connectivity index (χ1v) is 8.83. The second-order valence-corrected chi connectivity index (χ2v) is 7.41. The van der Waals surface area contributed by atoms with Gasteiger partial charge in [0.1, 0.15) is 18.6 Å². The van der Waals surface area contributed by atoms with Gasteiger partial charge in [0.05, 0.1) is 5.71 Å². The van der Waals surface area contributed by atoms with Crippen molar-refractivity contribution < 1.29 is 14.4 Å². The van der Waals surface area contributed by atoms with Crippen LogP contribution in [0.15, 0.2) is 11.2 Å². The molecule has 3 rings (SSSR count). The summed E-state index contributed by atoms with van der Waals surface area (Å²) in [6.07, 6.45) is 2.75. The van der Waals surface area contributed by atoms with Crippen molar-refractivity contribution >= 4 is 17.4 Å². The van der Waals surface area contributed by atoms with Crippen LogP contribution in [-0.2, 0) is 14.4 Å². The molecule has 1 aliphatic carbocycles. The predicted molar refractivity (Wildman–Crippen MR) is 96.9 cm³/mol. The van der Waals surface area contributed by atoms with Crippen molar-refractivity contribution in [2.24, 2.45) is 5.16 Å². The first-order valence-electron chi connectivity index (χ1n) is 8.83. The average molecular weight is 342 g/mol. The molecule has 134 valence electrons. The molecule has 1 amide bonds. The summed E-state index contributed by atoms with van der Waals surface area (Å²) in [4.78, 5) is 31.1. The molecule has 1 N–H and O–H groups in total. The van der Waals surface area contributed by atoms with Crippen molar-refractivity contribution in [2.75, 3.05) is 7.11 Å². The van der Waals surface area contributed by atoms with Crippen LogP contribution >= 0.6 is 0 Å². The van der Waals surface area contributed by atoms with Crippen molar-refractivity contribution in [3.8, 4) is 0 Å². The largest absolute Gasteiger partial charge is 0.399 e. The molecule has 2 aliphatic rings. The molecular formula is C20H26N2O3. The summed E-state index contributed by atoms with van der Waals surface area (Å²) in [5.41, 5.74) is 5.28. The minimum absolute atomic E-state index is 0.0181. The predicted octanol–water partition coefficient (Wildman–Crippen LogP) is 3.02. The highest BCUT2D eigenvalue weighted by Crippen LogP contribution is 2.41. The minimum atomic E-state index is -0.824. The van der Waals surface area contributed by atoms with Crippen molar-refractivity contribution in [1.29, 1.82) is 0 Å². The van der Waals surface area contributed by atoms with Crippen LogP contribution in [0.1, 0.15) is 59.4 Å². The van der Waals surface area contributed by atoms with Crippen LogP contribution in [0.2, 0.25) is 0 Å². The van der Waals surface area contributed by atoms with Crippen molar-refractivity contribution in [3.05, 3.63) is 33.9 Å². The van der Waals surface area contributed by atoms with E-state index in [0.717, 1.165) is 40.8 Å². The Morgan fingerprint density at radius 1 is 1.16 bits per heavy atom. The summed E-state index contributed by atoms with van der Waals surface area (Å²) in [5, 5.41) is 7.05. The lowest BCUT2D eigenvalue weighted by Gasteiger charge is -2.32. The maximum absolute atomic E-state index is 13.4. The van der Waals surface area contributed by atoms with Gasteiger partial charge in [0.25, 0.3) is 0 Å². The van der Waals surface area contributed by atoms with Gasteiger partial charge in [-0.05, 0) is 74.8 Å². The van der Waals surface area contributed by atoms with Gasteiger partial charge in [-0.3, -0.25) is 9.59 Å². The molecular weight excluding hydrogens is 316 g/mol. The van der Waals surface area contributed by atoms with E-state index >= 15 is 0 Å². The zero-order chi connectivity index (χ0) is 18.4. The van der Waals surface area contributed by atoms with E-state index in [9.17, 15) is 9.59 Å². The first kappa shape index (κ1) is 17.6. The quantitative estimate of drug-likeness (QED) is 0.663. The van der Waals surface area contributed by atoms with Gasteiger partial charge in [0, 0.05) is 6.42 Å². The van der Waals surface area contributed by atoms with Crippen molar-refractivity contribution in [2.45, 2.75) is 64.8 Å². The van der Waals surface area contributed by atoms with Crippen LogP contribution in [0.4, 0.5) is 0 Å². The third-order valence-corrected chi connectivity index (χ3v) is 5.86.